The molecule has 0 aliphatic carbocycles. The van der Waals surface area contributed by atoms with Crippen molar-refractivity contribution in [1.29, 1.82) is 0 Å². The molecular weight excluding hydrogens is 343 g/mol. The molecule has 106 valence electrons. The molecule has 0 aliphatic heterocycles. The second-order valence-corrected chi connectivity index (χ2v) is 8.42. The Balaban J connectivity index is 2.86. The summed E-state index contributed by atoms with van der Waals surface area (Å²) in [4.78, 5) is 0. The van der Waals surface area contributed by atoms with E-state index in [1.54, 1.807) is 21.1 Å². The summed E-state index contributed by atoms with van der Waals surface area (Å²) in [5.74, 6) is 1.39. The van der Waals surface area contributed by atoms with Crippen molar-refractivity contribution in [2.24, 2.45) is 0 Å². The van der Waals surface area contributed by atoms with Crippen LogP contribution < -0.4 is 0 Å². The number of hydrogen-bond acceptors (Lipinski definition) is 1. The molecule has 0 amide bonds. The van der Waals surface area contributed by atoms with Gasteiger partial charge in [0, 0.05) is 0 Å². The van der Waals surface area contributed by atoms with Gasteiger partial charge in [-0.3, -0.25) is 0 Å². The van der Waals surface area contributed by atoms with E-state index in [2.05, 4.69) is 22.3 Å². The fraction of sp³-hybridized carbons (Fsp3) is 0.938. The summed E-state index contributed by atoms with van der Waals surface area (Å²) in [6.45, 7) is 2.29. The van der Waals surface area contributed by atoms with Crippen molar-refractivity contribution in [1.82, 2.24) is 0 Å². The molecule has 18 heavy (non-hydrogen) atoms. The maximum atomic E-state index is 2.53. The van der Waals surface area contributed by atoms with Crippen LogP contribution in [0.1, 0.15) is 90.4 Å². The van der Waals surface area contributed by atoms with E-state index in [1.807, 2.05) is 0 Å². The Morgan fingerprint density at radius 1 is 0.722 bits per heavy atom. The Morgan fingerprint density at radius 3 is 1.78 bits per heavy atom. The van der Waals surface area contributed by atoms with Gasteiger partial charge < -0.3 is 0 Å². The molecule has 0 atom stereocenters. The maximum absolute atomic E-state index is 2.53. The Bertz CT molecular complexity index is 123. The summed E-state index contributed by atoms with van der Waals surface area (Å²) < 4.78 is 0. The van der Waals surface area contributed by atoms with Gasteiger partial charge in [0.15, 0.2) is 0 Å². The van der Waals surface area contributed by atoms with Crippen LogP contribution in [-0.4, -0.2) is 26.9 Å². The first kappa shape index (κ1) is 19.1. The zero-order valence-electron chi connectivity index (χ0n) is 12.4. The minimum absolute atomic E-state index is 1.36. The van der Waals surface area contributed by atoms with E-state index in [4.69, 9.17) is 0 Å². The van der Waals surface area contributed by atoms with Gasteiger partial charge in [0.2, 0.25) is 0 Å². The molecule has 0 aromatic rings. The Morgan fingerprint density at radius 2 is 1.22 bits per heavy atom. The van der Waals surface area contributed by atoms with Crippen molar-refractivity contribution in [3.8, 4) is 0 Å². The molecule has 0 spiro atoms. The fourth-order valence-corrected chi connectivity index (χ4v) is 3.79. The van der Waals surface area contributed by atoms with Gasteiger partial charge >= 0.3 is 100 Å². The fourth-order valence-electron chi connectivity index (χ4n) is 2.21. The summed E-state index contributed by atoms with van der Waals surface area (Å²) >= 11 is 1.63. The third kappa shape index (κ3) is 17.1. The molecule has 0 aromatic carbocycles. The summed E-state index contributed by atoms with van der Waals surface area (Å²) in [5.41, 5.74) is 0. The van der Waals surface area contributed by atoms with Crippen LogP contribution in [0.25, 0.3) is 0 Å². The quantitative estimate of drug-likeness (QED) is 0.246. The summed E-state index contributed by atoms with van der Waals surface area (Å²) in [5, 5.41) is 0. The number of unbranched alkanes of at least 4 members (excludes halogenated alkanes) is 13. The van der Waals surface area contributed by atoms with Crippen LogP contribution in [0.2, 0.25) is 0 Å². The third-order valence-electron chi connectivity index (χ3n) is 3.42. The summed E-state index contributed by atoms with van der Waals surface area (Å²) in [6.07, 6.45) is 21.1. The Labute approximate surface area is 132 Å². The first-order valence-electron chi connectivity index (χ1n) is 8.02. The van der Waals surface area contributed by atoms with E-state index in [9.17, 15) is 0 Å². The predicted octanol–water partition coefficient (Wildman–Crippen LogP) is 6.10. The average Bonchev–Trinajstić information content (AvgIpc) is 2.39. The van der Waals surface area contributed by atoms with Gasteiger partial charge in [0.05, 0.1) is 0 Å². The Hall–Kier alpha value is 1.15. The van der Waals surface area contributed by atoms with Crippen LogP contribution in [0.5, 0.6) is 0 Å². The second-order valence-electron chi connectivity index (χ2n) is 5.25. The summed E-state index contributed by atoms with van der Waals surface area (Å²) in [6, 6.07) is 0. The van der Waals surface area contributed by atoms with Crippen LogP contribution in [0.3, 0.4) is 0 Å². The van der Waals surface area contributed by atoms with Crippen molar-refractivity contribution in [2.45, 2.75) is 90.4 Å². The Kier molecular flexibility index (Phi) is 19.3. The van der Waals surface area contributed by atoms with Crippen molar-refractivity contribution >= 4 is 30.1 Å². The topological polar surface area (TPSA) is 0 Å². The SMILES string of the molecule is CCCCCCCC[CH]CCCCCCC[S][Sn]. The van der Waals surface area contributed by atoms with Crippen LogP contribution >= 0.6 is 8.95 Å². The molecule has 0 heterocycles. The van der Waals surface area contributed by atoms with Crippen LogP contribution in [0.15, 0.2) is 0 Å². The first-order chi connectivity index (χ1) is 8.91. The van der Waals surface area contributed by atoms with E-state index in [0.29, 0.717) is 0 Å². The van der Waals surface area contributed by atoms with Crippen molar-refractivity contribution < 1.29 is 0 Å². The predicted molar refractivity (Wildman–Crippen MR) is 88.2 cm³/mol. The minimum atomic E-state index is 1.36. The van der Waals surface area contributed by atoms with Gasteiger partial charge in [-0.05, 0) is 0 Å². The van der Waals surface area contributed by atoms with Crippen LogP contribution in [0, 0.1) is 6.42 Å². The number of hydrogen-bond donors (Lipinski definition) is 0. The molecule has 4 radical (unpaired) electrons. The molecule has 0 aromatic heterocycles. The molecule has 0 aliphatic rings. The molecule has 0 unspecified atom stereocenters. The average molecular weight is 375 g/mol. The molecule has 0 fully saturated rings. The molecule has 0 saturated heterocycles. The van der Waals surface area contributed by atoms with E-state index in [0.717, 1.165) is 0 Å². The van der Waals surface area contributed by atoms with E-state index in [1.165, 1.54) is 89.2 Å². The third-order valence-corrected chi connectivity index (χ3v) is 5.66. The molecule has 0 saturated carbocycles. The molecule has 0 rings (SSSR count). The zero-order chi connectivity index (χ0) is 13.3. The summed E-state index contributed by atoms with van der Waals surface area (Å²) in [7, 11) is 2.07. The van der Waals surface area contributed by atoms with Crippen molar-refractivity contribution in [3.63, 3.8) is 0 Å². The van der Waals surface area contributed by atoms with E-state index < -0.39 is 0 Å². The monoisotopic (exact) mass is 376 g/mol. The first-order valence-corrected chi connectivity index (χ1v) is 12.5. The second kappa shape index (κ2) is 18.1. The number of rotatable bonds is 15. The van der Waals surface area contributed by atoms with Gasteiger partial charge in [0.1, 0.15) is 0 Å². The normalized spacial score (nSPS) is 11.0. The van der Waals surface area contributed by atoms with Crippen molar-refractivity contribution in [3.05, 3.63) is 6.42 Å². The van der Waals surface area contributed by atoms with Gasteiger partial charge in [-0.25, -0.2) is 0 Å². The van der Waals surface area contributed by atoms with Gasteiger partial charge in [0.25, 0.3) is 0 Å². The van der Waals surface area contributed by atoms with Gasteiger partial charge in [-0.1, -0.05) is 32.6 Å². The zero-order valence-corrected chi connectivity index (χ0v) is 16.1. The van der Waals surface area contributed by atoms with Gasteiger partial charge in [-0.2, -0.15) is 0 Å². The van der Waals surface area contributed by atoms with E-state index >= 15 is 0 Å². The van der Waals surface area contributed by atoms with Gasteiger partial charge in [-0.15, -0.1) is 0 Å². The van der Waals surface area contributed by atoms with Crippen molar-refractivity contribution in [2.75, 3.05) is 5.75 Å². The van der Waals surface area contributed by atoms with Crippen LogP contribution in [0.4, 0.5) is 0 Å². The molecular formula is C16H32SSn. The standard InChI is InChI=1S/C16H33S.Sn/c1-2-3-4-5-6-7-8-9-10-11-12-13-14-15-16-17;/h9,17H,2-8,10-16H2,1H3;/q;+1/p-1. The molecule has 2 heteroatoms. The molecule has 0 bridgehead atoms. The van der Waals surface area contributed by atoms with E-state index in [-0.39, 0.29) is 0 Å². The molecule has 0 nitrogen and oxygen atoms in total. The molecule has 0 N–H and O–H groups in total. The van der Waals surface area contributed by atoms with Crippen LogP contribution in [-0.2, 0) is 0 Å².